The van der Waals surface area contributed by atoms with Gasteiger partial charge in [-0.25, -0.2) is 9.37 Å². The van der Waals surface area contributed by atoms with Crippen molar-refractivity contribution in [2.24, 2.45) is 0 Å². The van der Waals surface area contributed by atoms with Crippen molar-refractivity contribution in [1.29, 1.82) is 0 Å². The molecule has 0 spiro atoms. The summed E-state index contributed by atoms with van der Waals surface area (Å²) < 4.78 is 35.0. The lowest BCUT2D eigenvalue weighted by Crippen LogP contribution is -2.07. The first-order chi connectivity index (χ1) is 12.3. The third kappa shape index (κ3) is 3.47. The van der Waals surface area contributed by atoms with Gasteiger partial charge in [-0.1, -0.05) is 6.07 Å². The molecule has 4 rings (SSSR count). The summed E-state index contributed by atoms with van der Waals surface area (Å²) >= 11 is 0. The summed E-state index contributed by atoms with van der Waals surface area (Å²) in [7, 11) is 0. The highest BCUT2D eigenvalue weighted by Gasteiger charge is 2.14. The lowest BCUT2D eigenvalue weighted by atomic mass is 10.2. The van der Waals surface area contributed by atoms with Gasteiger partial charge in [-0.3, -0.25) is 0 Å². The van der Waals surface area contributed by atoms with Crippen molar-refractivity contribution in [1.82, 2.24) is 9.97 Å². The van der Waals surface area contributed by atoms with Gasteiger partial charge in [0.05, 0.1) is 12.5 Å². The van der Waals surface area contributed by atoms with Crippen molar-refractivity contribution < 1.29 is 23.0 Å². The predicted octanol–water partition coefficient (Wildman–Crippen LogP) is 3.13. The van der Waals surface area contributed by atoms with Crippen LogP contribution in [0.15, 0.2) is 47.2 Å². The topological polar surface area (TPSA) is 78.6 Å². The smallest absolute Gasteiger partial charge is 0.318 e. The lowest BCUT2D eigenvalue weighted by Gasteiger charge is -2.09. The van der Waals surface area contributed by atoms with Crippen molar-refractivity contribution >= 4 is 5.82 Å². The van der Waals surface area contributed by atoms with Crippen LogP contribution < -0.4 is 19.5 Å². The molecule has 1 aliphatic heterocycles. The second-order valence-electron chi connectivity index (χ2n) is 5.26. The van der Waals surface area contributed by atoms with Gasteiger partial charge in [0.15, 0.2) is 23.1 Å². The third-order valence-electron chi connectivity index (χ3n) is 3.54. The maximum absolute atomic E-state index is 13.9. The van der Waals surface area contributed by atoms with Crippen LogP contribution in [0.3, 0.4) is 0 Å². The van der Waals surface area contributed by atoms with Gasteiger partial charge >= 0.3 is 6.01 Å². The van der Waals surface area contributed by atoms with Crippen LogP contribution in [0.2, 0.25) is 0 Å². The number of benzene rings is 1. The molecule has 1 aromatic carbocycles. The molecular formula is C17H14FN3O4. The number of aromatic nitrogens is 2. The maximum atomic E-state index is 13.9. The van der Waals surface area contributed by atoms with Gasteiger partial charge in [0.2, 0.25) is 6.79 Å². The van der Waals surface area contributed by atoms with Crippen LogP contribution in [0.4, 0.5) is 10.2 Å². The summed E-state index contributed by atoms with van der Waals surface area (Å²) in [5.41, 5.74) is 0.903. The molecule has 7 nitrogen and oxygen atoms in total. The average molecular weight is 343 g/mol. The summed E-state index contributed by atoms with van der Waals surface area (Å²) in [4.78, 5) is 7.86. The number of nitrogens with one attached hydrogen (secondary N) is 1. The van der Waals surface area contributed by atoms with E-state index in [2.05, 4.69) is 15.3 Å². The van der Waals surface area contributed by atoms with Crippen molar-refractivity contribution in [3.05, 3.63) is 59.9 Å². The minimum atomic E-state index is -0.564. The van der Waals surface area contributed by atoms with E-state index in [-0.39, 0.29) is 25.2 Å². The Balaban J connectivity index is 1.42. The second-order valence-corrected chi connectivity index (χ2v) is 5.26. The van der Waals surface area contributed by atoms with E-state index in [1.165, 1.54) is 0 Å². The van der Waals surface area contributed by atoms with Gasteiger partial charge < -0.3 is 23.9 Å². The van der Waals surface area contributed by atoms with Gasteiger partial charge in [-0.2, -0.15) is 4.98 Å². The molecule has 2 aromatic heterocycles. The first-order valence-electron chi connectivity index (χ1n) is 7.58. The van der Waals surface area contributed by atoms with E-state index in [4.69, 9.17) is 18.6 Å². The van der Waals surface area contributed by atoms with Crippen LogP contribution in [-0.2, 0) is 13.2 Å². The normalized spacial score (nSPS) is 12.2. The molecule has 0 radical (unpaired) electrons. The minimum absolute atomic E-state index is 0.0575. The molecular weight excluding hydrogens is 329 g/mol. The van der Waals surface area contributed by atoms with Crippen LogP contribution in [-0.4, -0.2) is 16.8 Å². The van der Waals surface area contributed by atoms with Gasteiger partial charge in [0, 0.05) is 6.54 Å². The highest BCUT2D eigenvalue weighted by Crippen LogP contribution is 2.32. The molecule has 3 heterocycles. The van der Waals surface area contributed by atoms with Crippen molar-refractivity contribution in [2.75, 3.05) is 12.1 Å². The molecule has 0 atom stereocenters. The molecule has 0 amide bonds. The predicted molar refractivity (Wildman–Crippen MR) is 84.9 cm³/mol. The number of anilines is 1. The van der Waals surface area contributed by atoms with Crippen LogP contribution in [0.25, 0.3) is 0 Å². The van der Waals surface area contributed by atoms with Crippen molar-refractivity contribution in [3.8, 4) is 17.5 Å². The van der Waals surface area contributed by atoms with E-state index in [1.54, 1.807) is 18.4 Å². The Morgan fingerprint density at radius 1 is 1.20 bits per heavy atom. The zero-order valence-corrected chi connectivity index (χ0v) is 13.1. The van der Waals surface area contributed by atoms with E-state index >= 15 is 0 Å². The quantitative estimate of drug-likeness (QED) is 0.736. The van der Waals surface area contributed by atoms with Gasteiger partial charge in [-0.05, 0) is 29.8 Å². The van der Waals surface area contributed by atoms with Crippen molar-refractivity contribution in [3.63, 3.8) is 0 Å². The van der Waals surface area contributed by atoms with Crippen LogP contribution in [0, 0.1) is 5.82 Å². The van der Waals surface area contributed by atoms with E-state index in [1.807, 2.05) is 18.2 Å². The zero-order chi connectivity index (χ0) is 17.1. The number of fused-ring (bicyclic) bond motifs is 1. The molecule has 0 aliphatic carbocycles. The number of furan rings is 1. The van der Waals surface area contributed by atoms with E-state index < -0.39 is 5.82 Å². The molecule has 3 aromatic rings. The largest absolute Gasteiger partial charge is 0.466 e. The molecule has 1 aliphatic rings. The number of ether oxygens (including phenoxy) is 3. The molecule has 0 saturated carbocycles. The monoisotopic (exact) mass is 343 g/mol. The highest BCUT2D eigenvalue weighted by molar-refractivity contribution is 5.46. The van der Waals surface area contributed by atoms with Gasteiger partial charge in [-0.15, -0.1) is 0 Å². The van der Waals surface area contributed by atoms with Crippen LogP contribution in [0.1, 0.15) is 11.3 Å². The van der Waals surface area contributed by atoms with E-state index in [0.717, 1.165) is 11.8 Å². The van der Waals surface area contributed by atoms with E-state index in [9.17, 15) is 4.39 Å². The summed E-state index contributed by atoms with van der Waals surface area (Å²) in [6, 6.07) is 9.10. The number of hydrogen-bond acceptors (Lipinski definition) is 7. The fraction of sp³-hybridized carbons (Fsp3) is 0.176. The molecule has 0 fully saturated rings. The van der Waals surface area contributed by atoms with Gasteiger partial charge in [0.25, 0.3) is 0 Å². The highest BCUT2D eigenvalue weighted by atomic mass is 19.1. The molecule has 0 saturated heterocycles. The summed E-state index contributed by atoms with van der Waals surface area (Å²) in [5, 5.41) is 2.93. The number of nitrogens with zero attached hydrogens (tertiary/aromatic N) is 2. The Kier molecular flexibility index (Phi) is 4.07. The first-order valence-corrected chi connectivity index (χ1v) is 7.58. The average Bonchev–Trinajstić information content (AvgIpc) is 3.31. The summed E-state index contributed by atoms with van der Waals surface area (Å²) in [6.07, 6.45) is 2.61. The molecule has 8 heteroatoms. The summed E-state index contributed by atoms with van der Waals surface area (Å²) in [6.45, 7) is 0.742. The Morgan fingerprint density at radius 3 is 3.00 bits per heavy atom. The minimum Gasteiger partial charge on any atom is -0.466 e. The number of hydrogen-bond donors (Lipinski definition) is 1. The fourth-order valence-corrected chi connectivity index (χ4v) is 2.31. The Hall–Kier alpha value is -3.29. The van der Waals surface area contributed by atoms with Crippen LogP contribution >= 0.6 is 0 Å². The number of halogens is 1. The molecule has 0 unspecified atom stereocenters. The fourth-order valence-electron chi connectivity index (χ4n) is 2.31. The van der Waals surface area contributed by atoms with Crippen molar-refractivity contribution in [2.45, 2.75) is 13.2 Å². The molecule has 1 N–H and O–H groups in total. The maximum Gasteiger partial charge on any atom is 0.318 e. The molecule has 25 heavy (non-hydrogen) atoms. The molecule has 0 bridgehead atoms. The SMILES string of the molecule is Fc1cnc(OCc2ccco2)nc1NCc1ccc2c(c1)OCO2. The molecule has 128 valence electrons. The second kappa shape index (κ2) is 6.68. The van der Waals surface area contributed by atoms with Crippen LogP contribution in [0.5, 0.6) is 17.5 Å². The lowest BCUT2D eigenvalue weighted by molar-refractivity contribution is 0.174. The zero-order valence-electron chi connectivity index (χ0n) is 13.1. The standard InChI is InChI=1S/C17H14FN3O4/c18-13-8-20-17(23-9-12-2-1-5-22-12)21-16(13)19-7-11-3-4-14-15(6-11)25-10-24-14/h1-6,8H,7,9-10H2,(H,19,20,21). The Labute approximate surface area is 142 Å². The Morgan fingerprint density at radius 2 is 2.12 bits per heavy atom. The first kappa shape index (κ1) is 15.3. The summed E-state index contributed by atoms with van der Waals surface area (Å²) in [5.74, 6) is 1.49. The van der Waals surface area contributed by atoms with Gasteiger partial charge in [0.1, 0.15) is 12.4 Å². The Bertz CT molecular complexity index is 870. The van der Waals surface area contributed by atoms with E-state index in [0.29, 0.717) is 23.8 Å². The number of rotatable bonds is 6. The third-order valence-corrected chi connectivity index (χ3v) is 3.54.